The first-order chi connectivity index (χ1) is 7.31. The van der Waals surface area contributed by atoms with E-state index in [-0.39, 0.29) is 0 Å². The molecule has 0 aliphatic rings. The number of ketones is 1. The van der Waals surface area contributed by atoms with Crippen LogP contribution in [0.2, 0.25) is 0 Å². The third kappa shape index (κ3) is 11.3. The number of unbranched alkanes of at least 4 members (excludes halogenated alkanes) is 5. The smallest absolute Gasteiger partial charge is 0.132 e. The van der Waals surface area contributed by atoms with Gasteiger partial charge in [0, 0.05) is 12.8 Å². The number of rotatable bonds is 10. The minimum absolute atomic E-state index is 0.464. The minimum atomic E-state index is 0.464. The van der Waals surface area contributed by atoms with Crippen molar-refractivity contribution >= 4 is 5.78 Å². The highest BCUT2D eigenvalue weighted by atomic mass is 16.1. The van der Waals surface area contributed by atoms with Gasteiger partial charge in [-0.15, -0.1) is 0 Å². The fraction of sp³-hybridized carbons (Fsp3) is 0.786. The second-order valence-electron chi connectivity index (χ2n) is 4.16. The molecule has 0 fully saturated rings. The molecule has 0 aromatic rings. The van der Waals surface area contributed by atoms with E-state index in [0.29, 0.717) is 5.78 Å². The van der Waals surface area contributed by atoms with Gasteiger partial charge in [-0.3, -0.25) is 4.79 Å². The standard InChI is InChI=1S/C14H26O/c1-3-5-7-9-11-13-14(15)12-10-8-6-4-2/h3,5H,4,6-13H2,1-2H3/b5-3+. The maximum Gasteiger partial charge on any atom is 0.132 e. The molecular weight excluding hydrogens is 184 g/mol. The summed E-state index contributed by atoms with van der Waals surface area (Å²) < 4.78 is 0. The van der Waals surface area contributed by atoms with Crippen LogP contribution in [0.3, 0.4) is 0 Å². The molecule has 1 heteroatoms. The number of hydrogen-bond acceptors (Lipinski definition) is 1. The lowest BCUT2D eigenvalue weighted by molar-refractivity contribution is -0.119. The highest BCUT2D eigenvalue weighted by molar-refractivity contribution is 5.78. The van der Waals surface area contributed by atoms with E-state index in [2.05, 4.69) is 19.1 Å². The molecule has 15 heavy (non-hydrogen) atoms. The van der Waals surface area contributed by atoms with Crippen LogP contribution in [0.1, 0.15) is 71.6 Å². The Bertz CT molecular complexity index is 170. The second kappa shape index (κ2) is 11.5. The topological polar surface area (TPSA) is 17.1 Å². The Morgan fingerprint density at radius 2 is 1.67 bits per heavy atom. The summed E-state index contributed by atoms with van der Waals surface area (Å²) in [5.74, 6) is 0.464. The Hall–Kier alpha value is -0.590. The number of allylic oxidation sites excluding steroid dienone is 2. The van der Waals surface area contributed by atoms with E-state index >= 15 is 0 Å². The lowest BCUT2D eigenvalue weighted by Crippen LogP contribution is -1.97. The summed E-state index contributed by atoms with van der Waals surface area (Å²) >= 11 is 0. The summed E-state index contributed by atoms with van der Waals surface area (Å²) in [4.78, 5) is 11.4. The van der Waals surface area contributed by atoms with Crippen LogP contribution in [0.4, 0.5) is 0 Å². The molecule has 0 aliphatic heterocycles. The highest BCUT2D eigenvalue weighted by Crippen LogP contribution is 2.07. The second-order valence-corrected chi connectivity index (χ2v) is 4.16. The zero-order valence-electron chi connectivity index (χ0n) is 10.4. The normalized spacial score (nSPS) is 11.1. The number of hydrogen-bond donors (Lipinski definition) is 0. The molecule has 0 N–H and O–H groups in total. The van der Waals surface area contributed by atoms with Crippen LogP contribution >= 0.6 is 0 Å². The van der Waals surface area contributed by atoms with E-state index < -0.39 is 0 Å². The number of carbonyl (C=O) groups excluding carboxylic acids is 1. The quantitative estimate of drug-likeness (QED) is 0.378. The van der Waals surface area contributed by atoms with Gasteiger partial charge in [0.2, 0.25) is 0 Å². The van der Waals surface area contributed by atoms with Crippen LogP contribution in [0.25, 0.3) is 0 Å². The Morgan fingerprint density at radius 1 is 1.00 bits per heavy atom. The van der Waals surface area contributed by atoms with Crippen LogP contribution in [0.15, 0.2) is 12.2 Å². The van der Waals surface area contributed by atoms with Gasteiger partial charge in [-0.05, 0) is 32.6 Å². The molecule has 0 amide bonds. The lowest BCUT2D eigenvalue weighted by Gasteiger charge is -2.00. The Balaban J connectivity index is 3.18. The van der Waals surface area contributed by atoms with Crippen molar-refractivity contribution in [2.75, 3.05) is 0 Å². The van der Waals surface area contributed by atoms with Gasteiger partial charge in [-0.2, -0.15) is 0 Å². The summed E-state index contributed by atoms with van der Waals surface area (Å²) in [6.07, 6.45) is 14.0. The summed E-state index contributed by atoms with van der Waals surface area (Å²) in [5.41, 5.74) is 0. The molecule has 88 valence electrons. The molecule has 0 bridgehead atoms. The van der Waals surface area contributed by atoms with E-state index in [9.17, 15) is 4.79 Å². The minimum Gasteiger partial charge on any atom is -0.300 e. The molecule has 0 aliphatic carbocycles. The van der Waals surface area contributed by atoms with E-state index in [1.165, 1.54) is 19.3 Å². The summed E-state index contributed by atoms with van der Waals surface area (Å²) in [6, 6.07) is 0. The average Bonchev–Trinajstić information content (AvgIpc) is 2.24. The maximum atomic E-state index is 11.4. The molecule has 0 aromatic carbocycles. The van der Waals surface area contributed by atoms with Crippen molar-refractivity contribution in [1.82, 2.24) is 0 Å². The molecule has 0 saturated heterocycles. The molecule has 0 atom stereocenters. The molecule has 0 unspecified atom stereocenters. The Labute approximate surface area is 95.0 Å². The van der Waals surface area contributed by atoms with Crippen molar-refractivity contribution in [3.8, 4) is 0 Å². The van der Waals surface area contributed by atoms with Crippen molar-refractivity contribution < 1.29 is 4.79 Å². The first-order valence-corrected chi connectivity index (χ1v) is 6.44. The van der Waals surface area contributed by atoms with Crippen LogP contribution in [0, 0.1) is 0 Å². The third-order valence-electron chi connectivity index (χ3n) is 2.62. The SMILES string of the molecule is C/C=C/CCCCC(=O)CCCCCC. The van der Waals surface area contributed by atoms with E-state index in [4.69, 9.17) is 0 Å². The van der Waals surface area contributed by atoms with Gasteiger partial charge in [0.25, 0.3) is 0 Å². The van der Waals surface area contributed by atoms with Gasteiger partial charge in [0.1, 0.15) is 5.78 Å². The first kappa shape index (κ1) is 14.4. The fourth-order valence-corrected chi connectivity index (χ4v) is 1.62. The molecule has 0 aromatic heterocycles. The molecule has 0 heterocycles. The van der Waals surface area contributed by atoms with Crippen LogP contribution < -0.4 is 0 Å². The summed E-state index contributed by atoms with van der Waals surface area (Å²) in [7, 11) is 0. The fourth-order valence-electron chi connectivity index (χ4n) is 1.62. The maximum absolute atomic E-state index is 11.4. The third-order valence-corrected chi connectivity index (χ3v) is 2.62. The first-order valence-electron chi connectivity index (χ1n) is 6.44. The van der Waals surface area contributed by atoms with Crippen LogP contribution in [-0.2, 0) is 4.79 Å². The van der Waals surface area contributed by atoms with Gasteiger partial charge >= 0.3 is 0 Å². The molecule has 0 saturated carbocycles. The molecule has 0 spiro atoms. The summed E-state index contributed by atoms with van der Waals surface area (Å²) in [6.45, 7) is 4.24. The molecule has 0 radical (unpaired) electrons. The Kier molecular flexibility index (Phi) is 11.0. The molecule has 0 rings (SSSR count). The zero-order chi connectivity index (χ0) is 11.4. The van der Waals surface area contributed by atoms with E-state index in [0.717, 1.165) is 38.5 Å². The van der Waals surface area contributed by atoms with E-state index in [1.54, 1.807) is 0 Å². The highest BCUT2D eigenvalue weighted by Gasteiger charge is 2.00. The Morgan fingerprint density at radius 3 is 2.27 bits per heavy atom. The van der Waals surface area contributed by atoms with Crippen molar-refractivity contribution in [3.63, 3.8) is 0 Å². The van der Waals surface area contributed by atoms with Crippen molar-refractivity contribution in [3.05, 3.63) is 12.2 Å². The largest absolute Gasteiger partial charge is 0.300 e. The monoisotopic (exact) mass is 210 g/mol. The van der Waals surface area contributed by atoms with Crippen molar-refractivity contribution in [1.29, 1.82) is 0 Å². The molecule has 1 nitrogen and oxygen atoms in total. The average molecular weight is 210 g/mol. The van der Waals surface area contributed by atoms with Gasteiger partial charge in [0.05, 0.1) is 0 Å². The molecular formula is C14H26O. The predicted molar refractivity (Wildman–Crippen MR) is 67.0 cm³/mol. The summed E-state index contributed by atoms with van der Waals surface area (Å²) in [5, 5.41) is 0. The number of Topliss-reactive ketones (excluding diaryl/α,β-unsaturated/α-hetero) is 1. The van der Waals surface area contributed by atoms with Crippen molar-refractivity contribution in [2.45, 2.75) is 71.6 Å². The predicted octanol–water partition coefficient (Wildman–Crippen LogP) is 4.66. The van der Waals surface area contributed by atoms with Gasteiger partial charge in [0.15, 0.2) is 0 Å². The van der Waals surface area contributed by atoms with Gasteiger partial charge in [-0.25, -0.2) is 0 Å². The van der Waals surface area contributed by atoms with E-state index in [1.807, 2.05) is 6.92 Å². The van der Waals surface area contributed by atoms with Gasteiger partial charge in [-0.1, -0.05) is 38.3 Å². The van der Waals surface area contributed by atoms with Gasteiger partial charge < -0.3 is 0 Å². The zero-order valence-corrected chi connectivity index (χ0v) is 10.4. The lowest BCUT2D eigenvalue weighted by atomic mass is 10.1. The van der Waals surface area contributed by atoms with Crippen LogP contribution in [0.5, 0.6) is 0 Å². The van der Waals surface area contributed by atoms with Crippen LogP contribution in [-0.4, -0.2) is 5.78 Å². The number of carbonyl (C=O) groups is 1. The van der Waals surface area contributed by atoms with Crippen molar-refractivity contribution in [2.24, 2.45) is 0 Å².